The molecule has 6 aromatic carbocycles. The monoisotopic (exact) mass is 846 g/mol. The first kappa shape index (κ1) is 43.1. The predicted molar refractivity (Wildman–Crippen MR) is 235 cm³/mol. The molecule has 0 saturated carbocycles. The molecular weight excluding hydrogens is 799 g/mol. The molecule has 0 spiro atoms. The standard InChI is InChI=1S/2C23H21O.C2H6Si.2ClH.Zr/c2*1-14-5-8-18(9-6-14)23-17(4)15(2)11-19-12-20(13-21(19)23)22-10-7-16(3)24-22;1-3-2;;;/h2*5-13H,1-4H3;1-2H3;2*1H;/q2*-1;;;;+2. The van der Waals surface area contributed by atoms with Crippen LogP contribution in [0.5, 0.6) is 0 Å². The van der Waals surface area contributed by atoms with E-state index in [1.807, 2.05) is 26.0 Å². The fourth-order valence-corrected chi connectivity index (χ4v) is 6.85. The van der Waals surface area contributed by atoms with Crippen molar-refractivity contribution in [1.82, 2.24) is 0 Å². The minimum absolute atomic E-state index is 0. The summed E-state index contributed by atoms with van der Waals surface area (Å²) in [5.41, 5.74) is 15.6. The van der Waals surface area contributed by atoms with Gasteiger partial charge >= 0.3 is 41.9 Å². The number of hydrogen-bond acceptors (Lipinski definition) is 2. The number of halogens is 2. The van der Waals surface area contributed by atoms with E-state index in [0.29, 0.717) is 0 Å². The first-order valence-electron chi connectivity index (χ1n) is 18.0. The Labute approximate surface area is 348 Å². The van der Waals surface area contributed by atoms with Crippen LogP contribution in [0, 0.1) is 55.4 Å². The number of fused-ring (bicyclic) bond motifs is 2. The molecule has 0 aliphatic carbocycles. The van der Waals surface area contributed by atoms with E-state index in [1.165, 1.54) is 77.2 Å². The van der Waals surface area contributed by atoms with E-state index in [1.54, 1.807) is 23.3 Å². The first-order valence-corrected chi connectivity index (χ1v) is 24.2. The molecule has 0 unspecified atom stereocenters. The molecule has 0 aliphatic rings. The molecule has 0 radical (unpaired) electrons. The molecule has 8 rings (SSSR count). The molecule has 0 bridgehead atoms. The van der Waals surface area contributed by atoms with Crippen LogP contribution in [-0.4, -0.2) is 5.43 Å². The fourth-order valence-electron chi connectivity index (χ4n) is 6.85. The van der Waals surface area contributed by atoms with E-state index in [9.17, 15) is 0 Å². The maximum absolute atomic E-state index is 5.82. The Hall–Kier alpha value is -3.66. The van der Waals surface area contributed by atoms with Crippen molar-refractivity contribution < 1.29 is 32.2 Å². The Kier molecular flexibility index (Phi) is 14.6. The van der Waals surface area contributed by atoms with Crippen LogP contribution >= 0.6 is 24.8 Å². The molecule has 0 atom stereocenters. The van der Waals surface area contributed by atoms with Gasteiger partial charge in [-0.15, -0.1) is 82.8 Å². The van der Waals surface area contributed by atoms with E-state index in [4.69, 9.17) is 8.83 Å². The van der Waals surface area contributed by atoms with Crippen LogP contribution in [0.2, 0.25) is 13.1 Å². The van der Waals surface area contributed by atoms with Gasteiger partial charge in [0.2, 0.25) is 0 Å². The van der Waals surface area contributed by atoms with Crippen LogP contribution in [0.4, 0.5) is 0 Å². The Morgan fingerprint density at radius 3 is 1.11 bits per heavy atom. The Morgan fingerprint density at radius 2 is 0.815 bits per heavy atom. The maximum Gasteiger partial charge on any atom is 0.0896 e. The number of rotatable bonds is 4. The molecule has 54 heavy (non-hydrogen) atoms. The molecule has 2 aromatic heterocycles. The molecule has 2 heterocycles. The molecular formula is C48H50Cl2O2SiZr. The molecule has 276 valence electrons. The summed E-state index contributed by atoms with van der Waals surface area (Å²) in [5.74, 6) is 3.77. The van der Waals surface area contributed by atoms with Gasteiger partial charge in [0.1, 0.15) is 0 Å². The second-order valence-electron chi connectivity index (χ2n) is 14.4. The molecule has 6 heteroatoms. The van der Waals surface area contributed by atoms with Crippen LogP contribution in [0.3, 0.4) is 0 Å². The van der Waals surface area contributed by atoms with Crippen molar-refractivity contribution in [1.29, 1.82) is 0 Å². The van der Waals surface area contributed by atoms with Crippen LogP contribution in [-0.2, 0) is 23.3 Å². The summed E-state index contributed by atoms with van der Waals surface area (Å²) in [7, 11) is 0. The third-order valence-corrected chi connectivity index (χ3v) is 9.79. The SMILES string of the molecule is C[Si](C)=[Zr+2].Cc1ccc(-c2c(C)c(C)cc3[cH-]c(-c4ccc(C)o4)cc23)cc1.Cc1ccc(-c2c(C)c(C)cc3[cH-]c(-c4ccc(C)o4)cc23)cc1.Cl.Cl. The number of furan rings is 2. The molecule has 2 nitrogen and oxygen atoms in total. The maximum atomic E-state index is 5.82. The summed E-state index contributed by atoms with van der Waals surface area (Å²) >= 11 is 1.74. The van der Waals surface area contributed by atoms with Crippen LogP contribution in [0.1, 0.15) is 44.9 Å². The quantitative estimate of drug-likeness (QED) is 0.130. The zero-order valence-electron chi connectivity index (χ0n) is 33.0. The number of aryl methyl sites for hydroxylation is 6. The molecule has 0 saturated heterocycles. The average molecular weight is 849 g/mol. The van der Waals surface area contributed by atoms with Gasteiger partial charge in [-0.25, -0.2) is 0 Å². The van der Waals surface area contributed by atoms with Crippen molar-refractivity contribution in [3.05, 3.63) is 154 Å². The van der Waals surface area contributed by atoms with Crippen LogP contribution in [0.25, 0.3) is 66.4 Å². The molecule has 0 fully saturated rings. The van der Waals surface area contributed by atoms with Crippen LogP contribution in [0.15, 0.2) is 118 Å². The summed E-state index contributed by atoms with van der Waals surface area (Å²) in [4.78, 5) is 0. The Morgan fingerprint density at radius 1 is 0.481 bits per heavy atom. The zero-order chi connectivity index (χ0) is 37.3. The van der Waals surface area contributed by atoms with Crippen molar-refractivity contribution >= 4 is 51.8 Å². The largest absolute Gasteiger partial charge is 0.496 e. The number of benzene rings is 4. The normalized spacial score (nSPS) is 10.6. The zero-order valence-corrected chi connectivity index (χ0v) is 38.1. The van der Waals surface area contributed by atoms with Gasteiger partial charge in [-0.05, 0) is 102 Å². The minimum Gasteiger partial charge on any atom is -0.496 e. The average Bonchev–Trinajstić information content (AvgIpc) is 3.91. The second-order valence-corrected chi connectivity index (χ2v) is 23.8. The van der Waals surface area contributed by atoms with Gasteiger partial charge in [0.15, 0.2) is 0 Å². The van der Waals surface area contributed by atoms with Gasteiger partial charge < -0.3 is 8.83 Å². The van der Waals surface area contributed by atoms with E-state index in [2.05, 4.69) is 152 Å². The first-order chi connectivity index (χ1) is 24.8. The summed E-state index contributed by atoms with van der Waals surface area (Å²) in [6.45, 7) is 21.7. The van der Waals surface area contributed by atoms with Crippen molar-refractivity contribution in [2.24, 2.45) is 0 Å². The fraction of sp³-hybridized carbons (Fsp3) is 0.208. The van der Waals surface area contributed by atoms with E-state index in [0.717, 1.165) is 34.2 Å². The second kappa shape index (κ2) is 18.3. The van der Waals surface area contributed by atoms with Gasteiger partial charge in [0.05, 0.1) is 23.0 Å². The van der Waals surface area contributed by atoms with Crippen molar-refractivity contribution in [2.75, 3.05) is 0 Å². The van der Waals surface area contributed by atoms with Crippen molar-refractivity contribution in [3.8, 4) is 44.9 Å². The van der Waals surface area contributed by atoms with E-state index < -0.39 is 0 Å². The van der Waals surface area contributed by atoms with Gasteiger partial charge in [-0.3, -0.25) is 0 Å². The van der Waals surface area contributed by atoms with Gasteiger partial charge in [0.25, 0.3) is 0 Å². The molecule has 8 aromatic rings. The number of hydrogen-bond donors (Lipinski definition) is 0. The van der Waals surface area contributed by atoms with Gasteiger partial charge in [-0.1, -0.05) is 93.0 Å². The summed E-state index contributed by atoms with van der Waals surface area (Å²) in [5, 5.41) is 5.15. The predicted octanol–water partition coefficient (Wildman–Crippen LogP) is 15.1. The van der Waals surface area contributed by atoms with Crippen LogP contribution < -0.4 is 0 Å². The third kappa shape index (κ3) is 9.58. The third-order valence-electron chi connectivity index (χ3n) is 9.79. The Balaban J connectivity index is 0.000000212. The molecule has 0 N–H and O–H groups in total. The van der Waals surface area contributed by atoms with Crippen molar-refractivity contribution in [3.63, 3.8) is 0 Å². The smallest absolute Gasteiger partial charge is 0.0896 e. The summed E-state index contributed by atoms with van der Waals surface area (Å²) in [6.07, 6.45) is 0. The van der Waals surface area contributed by atoms with Crippen molar-refractivity contribution in [2.45, 2.75) is 68.5 Å². The summed E-state index contributed by atoms with van der Waals surface area (Å²) in [6, 6.07) is 39.3. The topological polar surface area (TPSA) is 26.3 Å². The molecule has 0 aliphatic heterocycles. The molecule has 0 amide bonds. The van der Waals surface area contributed by atoms with E-state index in [-0.39, 0.29) is 30.2 Å². The Bertz CT molecular complexity index is 2350. The summed E-state index contributed by atoms with van der Waals surface area (Å²) < 4.78 is 11.6. The van der Waals surface area contributed by atoms with E-state index >= 15 is 0 Å². The van der Waals surface area contributed by atoms with Gasteiger partial charge in [0, 0.05) is 0 Å². The van der Waals surface area contributed by atoms with Gasteiger partial charge in [-0.2, -0.15) is 0 Å². The minimum atomic E-state index is 0.